The molecule has 0 aliphatic carbocycles. The number of ether oxygens (including phenoxy) is 2. The third-order valence-corrected chi connectivity index (χ3v) is 7.04. The number of hydrogen-bond acceptors (Lipinski definition) is 7. The summed E-state index contributed by atoms with van der Waals surface area (Å²) < 4.78 is 26.4. The highest BCUT2D eigenvalue weighted by atomic mass is 32.1. The zero-order valence-corrected chi connectivity index (χ0v) is 23.8. The van der Waals surface area contributed by atoms with Crippen molar-refractivity contribution in [2.75, 3.05) is 44.3 Å². The van der Waals surface area contributed by atoms with E-state index in [0.717, 1.165) is 30.0 Å². The smallest absolute Gasteiger partial charge is 0.410 e. The van der Waals surface area contributed by atoms with Gasteiger partial charge < -0.3 is 24.0 Å². The Kier molecular flexibility index (Phi) is 9.59. The molecule has 2 heterocycles. The van der Waals surface area contributed by atoms with E-state index < -0.39 is 24.2 Å². The number of carbonyl (C=O) groups excluding carboxylic acids is 1. The molecule has 0 radical (unpaired) electrons. The lowest BCUT2D eigenvalue weighted by atomic mass is 10.1. The van der Waals surface area contributed by atoms with Crippen LogP contribution in [0.1, 0.15) is 27.2 Å². The number of nitrogens with zero attached hydrogens (tertiary/aromatic N) is 4. The Morgan fingerprint density at radius 1 is 1.10 bits per heavy atom. The number of carboxylic acids is 1. The number of aliphatic carboxylic acids is 1. The van der Waals surface area contributed by atoms with Crippen LogP contribution in [0.25, 0.3) is 11.3 Å². The molecule has 1 N–H and O–H groups in total. The zero-order chi connectivity index (χ0) is 28.7. The summed E-state index contributed by atoms with van der Waals surface area (Å²) in [5.74, 6) is -1.44. The summed E-state index contributed by atoms with van der Waals surface area (Å²) in [6.07, 6.45) is -0.195. The molecule has 0 unspecified atom stereocenters. The first-order chi connectivity index (χ1) is 19.1. The van der Waals surface area contributed by atoms with E-state index in [4.69, 9.17) is 14.5 Å². The number of thiazole rings is 1. The van der Waals surface area contributed by atoms with Gasteiger partial charge in [0.2, 0.25) is 0 Å². The van der Waals surface area contributed by atoms with Crippen molar-refractivity contribution in [2.24, 2.45) is 4.99 Å². The number of carboxylic acid groups (broad SMARTS) is 1. The number of halogens is 1. The van der Waals surface area contributed by atoms with E-state index in [0.29, 0.717) is 36.7 Å². The number of benzene rings is 2. The summed E-state index contributed by atoms with van der Waals surface area (Å²) >= 11 is 1.46. The number of anilines is 1. The fourth-order valence-corrected chi connectivity index (χ4v) is 5.26. The van der Waals surface area contributed by atoms with Crippen LogP contribution in [0.2, 0.25) is 0 Å². The van der Waals surface area contributed by atoms with Crippen molar-refractivity contribution in [3.8, 4) is 11.3 Å². The Labute approximate surface area is 237 Å². The first kappa shape index (κ1) is 29.3. The highest BCUT2D eigenvalue weighted by Gasteiger charge is 2.24. The Hall–Kier alpha value is -3.70. The van der Waals surface area contributed by atoms with E-state index in [2.05, 4.69) is 29.2 Å². The van der Waals surface area contributed by atoms with Crippen molar-refractivity contribution in [3.63, 3.8) is 0 Å². The molecule has 0 atom stereocenters. The average Bonchev–Trinajstić information content (AvgIpc) is 3.31. The molecule has 0 saturated carbocycles. The standard InChI is InChI=1S/C29H35FN4O5S/c1-29(2,3)39-28(37)33(19-26(35)36)13-4-14-34-25(20-40-27(34)31-23-9-7-22(30)8-10-23)21-5-11-24(12-6-21)32-15-17-38-18-16-32/h5-12,20H,4,13-19H2,1-3H3,(H,35,36)/b31-27-. The minimum absolute atomic E-state index is 0.190. The highest BCUT2D eigenvalue weighted by Crippen LogP contribution is 2.25. The molecule has 4 rings (SSSR count). The van der Waals surface area contributed by atoms with Crippen LogP contribution < -0.4 is 9.70 Å². The molecule has 1 saturated heterocycles. The number of morpholine rings is 1. The van der Waals surface area contributed by atoms with Gasteiger partial charge in [-0.25, -0.2) is 14.2 Å². The quantitative estimate of drug-likeness (QED) is 0.383. The van der Waals surface area contributed by atoms with Crippen LogP contribution in [0.5, 0.6) is 0 Å². The molecule has 1 aliphatic heterocycles. The summed E-state index contributed by atoms with van der Waals surface area (Å²) in [4.78, 5) is 33.0. The molecule has 0 spiro atoms. The van der Waals surface area contributed by atoms with Crippen molar-refractivity contribution in [3.05, 3.63) is 64.5 Å². The fraction of sp³-hybridized carbons (Fsp3) is 0.414. The van der Waals surface area contributed by atoms with Gasteiger partial charge in [0.25, 0.3) is 0 Å². The van der Waals surface area contributed by atoms with E-state index in [1.165, 1.54) is 28.4 Å². The predicted octanol–water partition coefficient (Wildman–Crippen LogP) is 5.14. The van der Waals surface area contributed by atoms with Gasteiger partial charge >= 0.3 is 12.1 Å². The molecular weight excluding hydrogens is 535 g/mol. The van der Waals surface area contributed by atoms with E-state index in [9.17, 15) is 19.1 Å². The van der Waals surface area contributed by atoms with Gasteiger partial charge in [-0.1, -0.05) is 12.1 Å². The van der Waals surface area contributed by atoms with Gasteiger partial charge in [0.1, 0.15) is 18.0 Å². The van der Waals surface area contributed by atoms with Gasteiger partial charge in [-0.05, 0) is 69.2 Å². The van der Waals surface area contributed by atoms with E-state index in [1.54, 1.807) is 32.9 Å². The molecule has 2 aromatic carbocycles. The minimum Gasteiger partial charge on any atom is -0.480 e. The lowest BCUT2D eigenvalue weighted by Crippen LogP contribution is -2.40. The maximum Gasteiger partial charge on any atom is 0.410 e. The second kappa shape index (κ2) is 13.1. The molecule has 0 bridgehead atoms. The highest BCUT2D eigenvalue weighted by molar-refractivity contribution is 7.07. The first-order valence-corrected chi connectivity index (χ1v) is 14.1. The number of carbonyl (C=O) groups is 2. The van der Waals surface area contributed by atoms with Crippen molar-refractivity contribution >= 4 is 34.8 Å². The summed E-state index contributed by atoms with van der Waals surface area (Å²) in [6.45, 7) is 8.56. The normalized spacial score (nSPS) is 14.3. The molecule has 1 fully saturated rings. The Balaban J connectivity index is 1.59. The van der Waals surface area contributed by atoms with Gasteiger partial charge in [0.15, 0.2) is 4.80 Å². The van der Waals surface area contributed by atoms with Crippen molar-refractivity contribution in [1.82, 2.24) is 9.47 Å². The Bertz CT molecular complexity index is 1360. The fourth-order valence-electron chi connectivity index (χ4n) is 4.30. The summed E-state index contributed by atoms with van der Waals surface area (Å²) in [5.41, 5.74) is 2.96. The molecule has 1 amide bonds. The van der Waals surface area contributed by atoms with Gasteiger partial charge in [-0.2, -0.15) is 0 Å². The van der Waals surface area contributed by atoms with Crippen molar-refractivity contribution in [1.29, 1.82) is 0 Å². The summed E-state index contributed by atoms with van der Waals surface area (Å²) in [6, 6.07) is 14.3. The second-order valence-electron chi connectivity index (χ2n) is 10.4. The van der Waals surface area contributed by atoms with E-state index in [1.807, 2.05) is 9.95 Å². The number of aromatic nitrogens is 1. The van der Waals surface area contributed by atoms with Crippen LogP contribution in [0.15, 0.2) is 58.9 Å². The van der Waals surface area contributed by atoms with Crippen molar-refractivity contribution in [2.45, 2.75) is 39.3 Å². The van der Waals surface area contributed by atoms with Crippen LogP contribution in [-0.2, 0) is 20.8 Å². The lowest BCUT2D eigenvalue weighted by molar-refractivity contribution is -0.138. The van der Waals surface area contributed by atoms with Crippen LogP contribution in [-0.4, -0.2) is 71.6 Å². The maximum absolute atomic E-state index is 13.5. The molecule has 1 aromatic heterocycles. The molecule has 1 aliphatic rings. The molecule has 9 nitrogen and oxygen atoms in total. The van der Waals surface area contributed by atoms with Gasteiger partial charge in [-0.3, -0.25) is 9.69 Å². The first-order valence-electron chi connectivity index (χ1n) is 13.2. The van der Waals surface area contributed by atoms with Gasteiger partial charge in [-0.15, -0.1) is 11.3 Å². The van der Waals surface area contributed by atoms with Crippen LogP contribution in [0, 0.1) is 5.82 Å². The molecule has 3 aromatic rings. The van der Waals surface area contributed by atoms with E-state index in [-0.39, 0.29) is 12.4 Å². The number of amides is 1. The predicted molar refractivity (Wildman–Crippen MR) is 152 cm³/mol. The topological polar surface area (TPSA) is 96.6 Å². The van der Waals surface area contributed by atoms with Crippen molar-refractivity contribution < 1.29 is 28.6 Å². The molecular formula is C29H35FN4O5S. The average molecular weight is 571 g/mol. The largest absolute Gasteiger partial charge is 0.480 e. The molecule has 40 heavy (non-hydrogen) atoms. The zero-order valence-electron chi connectivity index (χ0n) is 23.0. The third-order valence-electron chi connectivity index (χ3n) is 6.18. The van der Waals surface area contributed by atoms with E-state index >= 15 is 0 Å². The van der Waals surface area contributed by atoms with Gasteiger partial charge in [0, 0.05) is 37.2 Å². The van der Waals surface area contributed by atoms with Crippen LogP contribution >= 0.6 is 11.3 Å². The lowest BCUT2D eigenvalue weighted by Gasteiger charge is -2.29. The minimum atomic E-state index is -1.11. The third kappa shape index (κ3) is 8.15. The van der Waals surface area contributed by atoms with Crippen LogP contribution in [0.4, 0.5) is 20.6 Å². The van der Waals surface area contributed by atoms with Crippen LogP contribution in [0.3, 0.4) is 0 Å². The summed E-state index contributed by atoms with van der Waals surface area (Å²) in [7, 11) is 0. The Morgan fingerprint density at radius 2 is 1.77 bits per heavy atom. The second-order valence-corrected chi connectivity index (χ2v) is 11.3. The van der Waals surface area contributed by atoms with Gasteiger partial charge in [0.05, 0.1) is 24.6 Å². The molecule has 11 heteroatoms. The maximum atomic E-state index is 13.5. The molecule has 214 valence electrons. The summed E-state index contributed by atoms with van der Waals surface area (Å²) in [5, 5.41) is 11.4. The SMILES string of the molecule is CC(C)(C)OC(=O)N(CCCn1c(-c2ccc(N3CCOCC3)cc2)cs/c1=N\c1ccc(F)cc1)CC(=O)O. The Morgan fingerprint density at radius 3 is 2.40 bits per heavy atom. The number of hydrogen-bond donors (Lipinski definition) is 1. The monoisotopic (exact) mass is 570 g/mol. The number of rotatable bonds is 9.